The maximum absolute atomic E-state index is 5.79. The molecule has 0 heterocycles. The van der Waals surface area contributed by atoms with E-state index in [0.717, 1.165) is 19.4 Å². The van der Waals surface area contributed by atoms with Crippen molar-refractivity contribution in [2.45, 2.75) is 118 Å². The molecule has 0 saturated heterocycles. The largest absolute Gasteiger partial charge is 0.389 e. The zero-order valence-electron chi connectivity index (χ0n) is 20.5. The molecule has 0 saturated carbocycles. The van der Waals surface area contributed by atoms with Gasteiger partial charge < -0.3 is 19.5 Å². The van der Waals surface area contributed by atoms with Crippen molar-refractivity contribution in [3.05, 3.63) is 11.8 Å². The second-order valence-electron chi connectivity index (χ2n) is 8.29. The lowest BCUT2D eigenvalue weighted by atomic mass is 10.1. The number of hydrogen-bond acceptors (Lipinski definition) is 4. The number of allylic oxidation sites excluding steroid dienone is 2. The summed E-state index contributed by atoms with van der Waals surface area (Å²) in [6.45, 7) is 15.6. The molecule has 0 aliphatic carbocycles. The van der Waals surface area contributed by atoms with Crippen LogP contribution in [-0.2, 0) is 14.2 Å². The summed E-state index contributed by atoms with van der Waals surface area (Å²) in [7, 11) is 0. The van der Waals surface area contributed by atoms with Crippen LogP contribution in [0.5, 0.6) is 0 Å². The van der Waals surface area contributed by atoms with Crippen molar-refractivity contribution in [2.75, 3.05) is 26.4 Å². The minimum Gasteiger partial charge on any atom is -0.389 e. The number of unbranched alkanes of at least 4 members (excludes halogenated alkanes) is 9. The second-order valence-corrected chi connectivity index (χ2v) is 8.29. The molecule has 0 radical (unpaired) electrons. The fourth-order valence-corrected chi connectivity index (χ4v) is 3.73. The van der Waals surface area contributed by atoms with Gasteiger partial charge in [-0.25, -0.2) is 0 Å². The van der Waals surface area contributed by atoms with Crippen molar-refractivity contribution in [3.8, 4) is 0 Å². The van der Waals surface area contributed by atoms with Crippen molar-refractivity contribution in [1.82, 2.24) is 5.32 Å². The van der Waals surface area contributed by atoms with Crippen LogP contribution < -0.4 is 5.32 Å². The first-order chi connectivity index (χ1) is 14.0. The van der Waals surface area contributed by atoms with E-state index in [9.17, 15) is 0 Å². The molecule has 0 aromatic heterocycles. The van der Waals surface area contributed by atoms with Gasteiger partial charge in [-0.15, -0.1) is 0 Å². The number of rotatable bonds is 21. The molecule has 0 fully saturated rings. The Morgan fingerprint density at radius 1 is 0.724 bits per heavy atom. The topological polar surface area (TPSA) is 39.7 Å². The minimum atomic E-state index is -0.823. The molecule has 0 atom stereocenters. The van der Waals surface area contributed by atoms with Crippen LogP contribution in [0.4, 0.5) is 0 Å². The van der Waals surface area contributed by atoms with Gasteiger partial charge in [0.05, 0.1) is 0 Å². The summed E-state index contributed by atoms with van der Waals surface area (Å²) in [5.74, 6) is -0.194. The quantitative estimate of drug-likeness (QED) is 0.160. The Labute approximate surface area is 182 Å². The van der Waals surface area contributed by atoms with Gasteiger partial charge in [0.1, 0.15) is 0 Å². The molecule has 0 spiro atoms. The minimum absolute atomic E-state index is 0.615. The molecule has 0 aliphatic rings. The van der Waals surface area contributed by atoms with Crippen LogP contribution in [0.1, 0.15) is 112 Å². The highest BCUT2D eigenvalue weighted by atomic mass is 16.9. The van der Waals surface area contributed by atoms with Gasteiger partial charge in [-0.05, 0) is 46.5 Å². The summed E-state index contributed by atoms with van der Waals surface area (Å²) in [6, 6.07) is 0. The summed E-state index contributed by atoms with van der Waals surface area (Å²) in [6.07, 6.45) is 16.2. The zero-order chi connectivity index (χ0) is 21.8. The van der Waals surface area contributed by atoms with Gasteiger partial charge in [0.2, 0.25) is 0 Å². The van der Waals surface area contributed by atoms with E-state index in [0.29, 0.717) is 25.7 Å². The maximum Gasteiger partial charge on any atom is 0.282 e. The first-order valence-electron chi connectivity index (χ1n) is 12.3. The fourth-order valence-electron chi connectivity index (χ4n) is 3.73. The van der Waals surface area contributed by atoms with Crippen LogP contribution in [0.25, 0.3) is 0 Å². The van der Waals surface area contributed by atoms with Crippen LogP contribution in [0.15, 0.2) is 11.8 Å². The Hall–Kier alpha value is -0.580. The van der Waals surface area contributed by atoms with Gasteiger partial charge in [0, 0.05) is 38.5 Å². The van der Waals surface area contributed by atoms with Crippen LogP contribution in [-0.4, -0.2) is 32.3 Å². The normalized spacial score (nSPS) is 12.7. The average Bonchev–Trinajstić information content (AvgIpc) is 2.65. The van der Waals surface area contributed by atoms with Crippen molar-refractivity contribution in [2.24, 2.45) is 5.92 Å². The third-order valence-electron chi connectivity index (χ3n) is 4.99. The Kier molecular flexibility index (Phi) is 19.0. The van der Waals surface area contributed by atoms with Crippen molar-refractivity contribution < 1.29 is 14.2 Å². The molecule has 0 unspecified atom stereocenters. The third kappa shape index (κ3) is 16.9. The standard InChI is InChI=1S/C25H51NO3/c1-7-27-25(28-8-2,29-9-3)20-18-16-14-12-10-11-13-15-17-19-21-26-24(6)22-23(4)5/h22-23,26H,7-21H2,1-6H3. The molecule has 0 aromatic rings. The number of hydrogen-bond donors (Lipinski definition) is 1. The highest BCUT2D eigenvalue weighted by molar-refractivity contribution is 4.96. The summed E-state index contributed by atoms with van der Waals surface area (Å²) < 4.78 is 17.4. The highest BCUT2D eigenvalue weighted by Crippen LogP contribution is 2.24. The monoisotopic (exact) mass is 413 g/mol. The fraction of sp³-hybridized carbons (Fsp3) is 0.920. The van der Waals surface area contributed by atoms with E-state index in [1.807, 2.05) is 20.8 Å². The van der Waals surface area contributed by atoms with Crippen LogP contribution in [0.2, 0.25) is 0 Å². The van der Waals surface area contributed by atoms with E-state index in [1.165, 1.54) is 63.5 Å². The molecule has 0 amide bonds. The molecular weight excluding hydrogens is 362 g/mol. The van der Waals surface area contributed by atoms with Gasteiger partial charge >= 0.3 is 0 Å². The molecule has 29 heavy (non-hydrogen) atoms. The number of ether oxygens (including phenoxy) is 3. The van der Waals surface area contributed by atoms with E-state index >= 15 is 0 Å². The first-order valence-corrected chi connectivity index (χ1v) is 12.3. The van der Waals surface area contributed by atoms with Crippen molar-refractivity contribution >= 4 is 0 Å². The van der Waals surface area contributed by atoms with Gasteiger partial charge in [-0.1, -0.05) is 71.3 Å². The van der Waals surface area contributed by atoms with Crippen molar-refractivity contribution in [3.63, 3.8) is 0 Å². The smallest absolute Gasteiger partial charge is 0.282 e. The molecule has 0 rings (SSSR count). The molecule has 4 nitrogen and oxygen atoms in total. The predicted molar refractivity (Wildman–Crippen MR) is 125 cm³/mol. The predicted octanol–water partition coefficient (Wildman–Crippen LogP) is 7.19. The van der Waals surface area contributed by atoms with E-state index in [-0.39, 0.29) is 0 Å². The lowest BCUT2D eigenvalue weighted by Gasteiger charge is -2.32. The van der Waals surface area contributed by atoms with Gasteiger partial charge in [-0.3, -0.25) is 0 Å². The lowest BCUT2D eigenvalue weighted by molar-refractivity contribution is -0.380. The molecule has 0 bridgehead atoms. The molecule has 0 aliphatic heterocycles. The highest BCUT2D eigenvalue weighted by Gasteiger charge is 2.31. The Morgan fingerprint density at radius 2 is 1.14 bits per heavy atom. The van der Waals surface area contributed by atoms with Crippen LogP contribution in [0.3, 0.4) is 0 Å². The summed E-state index contributed by atoms with van der Waals surface area (Å²) >= 11 is 0. The zero-order valence-corrected chi connectivity index (χ0v) is 20.5. The SMILES string of the molecule is CCOC(CCCCCCCCCCCCNC(C)=CC(C)C)(OCC)OCC. The van der Waals surface area contributed by atoms with E-state index < -0.39 is 5.97 Å². The Bertz CT molecular complexity index is 365. The average molecular weight is 414 g/mol. The van der Waals surface area contributed by atoms with Gasteiger partial charge in [0.15, 0.2) is 0 Å². The Balaban J connectivity index is 3.58. The van der Waals surface area contributed by atoms with E-state index in [1.54, 1.807) is 0 Å². The van der Waals surface area contributed by atoms with E-state index in [4.69, 9.17) is 14.2 Å². The van der Waals surface area contributed by atoms with Crippen LogP contribution >= 0.6 is 0 Å². The Morgan fingerprint density at radius 3 is 1.55 bits per heavy atom. The maximum atomic E-state index is 5.79. The number of nitrogens with one attached hydrogen (secondary N) is 1. The van der Waals surface area contributed by atoms with Crippen LogP contribution in [0, 0.1) is 5.92 Å². The summed E-state index contributed by atoms with van der Waals surface area (Å²) in [4.78, 5) is 0. The molecular formula is C25H51NO3. The molecule has 4 heteroatoms. The van der Waals surface area contributed by atoms with Gasteiger partial charge in [-0.2, -0.15) is 0 Å². The molecule has 174 valence electrons. The summed E-state index contributed by atoms with van der Waals surface area (Å²) in [5.41, 5.74) is 1.32. The third-order valence-corrected chi connectivity index (χ3v) is 4.99. The lowest BCUT2D eigenvalue weighted by Crippen LogP contribution is -2.39. The summed E-state index contributed by atoms with van der Waals surface area (Å²) in [5, 5.41) is 3.51. The molecule has 0 aromatic carbocycles. The molecule has 1 N–H and O–H groups in total. The van der Waals surface area contributed by atoms with Crippen molar-refractivity contribution in [1.29, 1.82) is 0 Å². The van der Waals surface area contributed by atoms with E-state index in [2.05, 4.69) is 32.2 Å². The first kappa shape index (κ1) is 28.4. The van der Waals surface area contributed by atoms with Gasteiger partial charge in [0.25, 0.3) is 5.97 Å². The second kappa shape index (κ2) is 19.4.